The van der Waals surface area contributed by atoms with Gasteiger partial charge in [-0.15, -0.1) is 0 Å². The molecular formula is C27H43N3. The van der Waals surface area contributed by atoms with Gasteiger partial charge in [-0.2, -0.15) is 0 Å². The summed E-state index contributed by atoms with van der Waals surface area (Å²) in [5, 5.41) is 11.1. The molecule has 0 saturated carbocycles. The van der Waals surface area contributed by atoms with E-state index in [2.05, 4.69) is 98.2 Å². The normalized spacial score (nSPS) is 11.7. The molecular weight excluding hydrogens is 366 g/mol. The van der Waals surface area contributed by atoms with Crippen LogP contribution >= 0.6 is 0 Å². The third-order valence-corrected chi connectivity index (χ3v) is 7.23. The molecule has 0 heterocycles. The second-order valence-electron chi connectivity index (χ2n) is 9.71. The number of rotatable bonds is 8. The number of aryl methyl sites for hydroxylation is 1. The second-order valence-corrected chi connectivity index (χ2v) is 9.71. The van der Waals surface area contributed by atoms with Crippen molar-refractivity contribution in [2.24, 2.45) is 0 Å². The van der Waals surface area contributed by atoms with Crippen molar-refractivity contribution < 1.29 is 0 Å². The lowest BCUT2D eigenvalue weighted by Gasteiger charge is -2.29. The summed E-state index contributed by atoms with van der Waals surface area (Å²) in [4.78, 5) is 0. The maximum atomic E-state index is 3.74. The summed E-state index contributed by atoms with van der Waals surface area (Å²) in [6, 6.07) is 2.28. The Morgan fingerprint density at radius 2 is 1.10 bits per heavy atom. The molecule has 0 aliphatic heterocycles. The molecule has 0 bridgehead atoms. The van der Waals surface area contributed by atoms with Gasteiger partial charge in [-0.05, 0) is 132 Å². The van der Waals surface area contributed by atoms with E-state index in [0.29, 0.717) is 0 Å². The zero-order valence-electron chi connectivity index (χ0n) is 21.2. The van der Waals surface area contributed by atoms with Gasteiger partial charge in [0.15, 0.2) is 0 Å². The van der Waals surface area contributed by atoms with Crippen LogP contribution in [0.3, 0.4) is 0 Å². The molecule has 2 rings (SSSR count). The van der Waals surface area contributed by atoms with Gasteiger partial charge >= 0.3 is 0 Å². The van der Waals surface area contributed by atoms with E-state index in [1.807, 2.05) is 0 Å². The number of anilines is 2. The van der Waals surface area contributed by atoms with Crippen molar-refractivity contribution in [2.45, 2.75) is 81.7 Å². The lowest BCUT2D eigenvalue weighted by atomic mass is 9.92. The molecule has 3 heteroatoms. The minimum Gasteiger partial charge on any atom is -0.384 e. The largest absolute Gasteiger partial charge is 0.384 e. The van der Waals surface area contributed by atoms with Crippen LogP contribution in [0, 0.1) is 62.3 Å². The fourth-order valence-corrected chi connectivity index (χ4v) is 4.13. The van der Waals surface area contributed by atoms with E-state index in [1.54, 1.807) is 0 Å². The molecule has 2 aromatic carbocycles. The van der Waals surface area contributed by atoms with Crippen LogP contribution < -0.4 is 16.0 Å². The molecule has 0 aliphatic rings. The van der Waals surface area contributed by atoms with Crippen LogP contribution in [0.1, 0.15) is 63.9 Å². The maximum absolute atomic E-state index is 3.74. The molecule has 0 aromatic heterocycles. The highest BCUT2D eigenvalue weighted by molar-refractivity contribution is 5.65. The Hall–Kier alpha value is -2.00. The van der Waals surface area contributed by atoms with E-state index < -0.39 is 0 Å². The quantitative estimate of drug-likeness (QED) is 0.444. The molecule has 0 fully saturated rings. The van der Waals surface area contributed by atoms with Crippen LogP contribution in [0.5, 0.6) is 0 Å². The Balaban J connectivity index is 1.95. The highest BCUT2D eigenvalue weighted by atomic mass is 15.0. The van der Waals surface area contributed by atoms with Crippen LogP contribution in [0.4, 0.5) is 11.4 Å². The van der Waals surface area contributed by atoms with Gasteiger partial charge < -0.3 is 16.0 Å². The third-order valence-electron chi connectivity index (χ3n) is 7.23. The Bertz CT molecular complexity index is 894. The zero-order valence-corrected chi connectivity index (χ0v) is 21.2. The summed E-state index contributed by atoms with van der Waals surface area (Å²) in [6.45, 7) is 27.2. The summed E-state index contributed by atoms with van der Waals surface area (Å²) in [5.74, 6) is 0. The lowest BCUT2D eigenvalue weighted by Crippen LogP contribution is -2.47. The van der Waals surface area contributed by atoms with Crippen molar-refractivity contribution in [1.29, 1.82) is 0 Å². The second kappa shape index (κ2) is 9.43. The van der Waals surface area contributed by atoms with Gasteiger partial charge in [-0.25, -0.2) is 0 Å². The van der Waals surface area contributed by atoms with Gasteiger partial charge in [0.2, 0.25) is 0 Å². The molecule has 0 saturated heterocycles. The summed E-state index contributed by atoms with van der Waals surface area (Å²) < 4.78 is 0. The summed E-state index contributed by atoms with van der Waals surface area (Å²) in [5.41, 5.74) is 15.0. The maximum Gasteiger partial charge on any atom is 0.0405 e. The van der Waals surface area contributed by atoms with Crippen molar-refractivity contribution in [3.05, 3.63) is 56.1 Å². The standard InChI is InChI=1S/C27H43N3/c1-16-14-25(22(7)18(3)17(16)2)28-12-13-30-27(10,11)15-29-26-23(8)20(5)19(4)21(6)24(26)9/h14,28-30H,12-13,15H2,1-11H3. The summed E-state index contributed by atoms with van der Waals surface area (Å²) in [7, 11) is 0. The van der Waals surface area contributed by atoms with Gasteiger partial charge in [0.1, 0.15) is 0 Å². The monoisotopic (exact) mass is 409 g/mol. The zero-order chi connectivity index (χ0) is 22.8. The van der Waals surface area contributed by atoms with Gasteiger partial charge in [-0.3, -0.25) is 0 Å². The first-order valence-corrected chi connectivity index (χ1v) is 11.2. The average Bonchev–Trinajstić information content (AvgIpc) is 2.70. The fourth-order valence-electron chi connectivity index (χ4n) is 4.13. The fraction of sp³-hybridized carbons (Fsp3) is 0.556. The van der Waals surface area contributed by atoms with Gasteiger partial charge in [-0.1, -0.05) is 0 Å². The van der Waals surface area contributed by atoms with Crippen molar-refractivity contribution in [3.8, 4) is 0 Å². The van der Waals surface area contributed by atoms with Crippen LogP contribution in [-0.4, -0.2) is 25.2 Å². The Kier molecular flexibility index (Phi) is 7.63. The minimum atomic E-state index is 0.00140. The lowest BCUT2D eigenvalue weighted by molar-refractivity contribution is 0.417. The topological polar surface area (TPSA) is 36.1 Å². The molecule has 0 unspecified atom stereocenters. The Morgan fingerprint density at radius 1 is 0.600 bits per heavy atom. The first-order chi connectivity index (χ1) is 13.9. The van der Waals surface area contributed by atoms with Crippen LogP contribution in [0.15, 0.2) is 6.07 Å². The van der Waals surface area contributed by atoms with E-state index in [9.17, 15) is 0 Å². The number of hydrogen-bond acceptors (Lipinski definition) is 3. The van der Waals surface area contributed by atoms with E-state index in [-0.39, 0.29) is 5.54 Å². The SMILES string of the molecule is Cc1cc(NCCNC(C)(C)CNc2c(C)c(C)c(C)c(C)c2C)c(C)c(C)c1C. The van der Waals surface area contributed by atoms with Crippen molar-refractivity contribution >= 4 is 11.4 Å². The van der Waals surface area contributed by atoms with Crippen LogP contribution in [0.2, 0.25) is 0 Å². The number of benzene rings is 2. The molecule has 0 aliphatic carbocycles. The predicted molar refractivity (Wildman–Crippen MR) is 135 cm³/mol. The minimum absolute atomic E-state index is 0.00140. The molecule has 3 nitrogen and oxygen atoms in total. The average molecular weight is 410 g/mol. The third kappa shape index (κ3) is 5.18. The van der Waals surface area contributed by atoms with E-state index in [0.717, 1.165) is 19.6 Å². The van der Waals surface area contributed by atoms with E-state index >= 15 is 0 Å². The van der Waals surface area contributed by atoms with E-state index in [1.165, 1.54) is 61.4 Å². The Morgan fingerprint density at radius 3 is 1.67 bits per heavy atom. The van der Waals surface area contributed by atoms with Crippen molar-refractivity contribution in [3.63, 3.8) is 0 Å². The van der Waals surface area contributed by atoms with Gasteiger partial charge in [0.05, 0.1) is 0 Å². The summed E-state index contributed by atoms with van der Waals surface area (Å²) in [6.07, 6.45) is 0. The van der Waals surface area contributed by atoms with Gasteiger partial charge in [0.25, 0.3) is 0 Å². The van der Waals surface area contributed by atoms with Crippen LogP contribution in [0.25, 0.3) is 0 Å². The molecule has 2 aromatic rings. The van der Waals surface area contributed by atoms with Crippen molar-refractivity contribution in [1.82, 2.24) is 5.32 Å². The highest BCUT2D eigenvalue weighted by Gasteiger charge is 2.19. The molecule has 3 N–H and O–H groups in total. The van der Waals surface area contributed by atoms with Crippen molar-refractivity contribution in [2.75, 3.05) is 30.3 Å². The highest BCUT2D eigenvalue weighted by Crippen LogP contribution is 2.30. The molecule has 166 valence electrons. The predicted octanol–water partition coefficient (Wildman–Crippen LogP) is 6.35. The smallest absolute Gasteiger partial charge is 0.0405 e. The number of hydrogen-bond donors (Lipinski definition) is 3. The molecule has 0 atom stereocenters. The molecule has 0 amide bonds. The van der Waals surface area contributed by atoms with Gasteiger partial charge in [0, 0.05) is 36.5 Å². The number of nitrogens with one attached hydrogen (secondary N) is 3. The first-order valence-electron chi connectivity index (χ1n) is 11.2. The summed E-state index contributed by atoms with van der Waals surface area (Å²) >= 11 is 0. The van der Waals surface area contributed by atoms with E-state index in [4.69, 9.17) is 0 Å². The molecule has 0 radical (unpaired) electrons. The molecule has 0 spiro atoms. The Labute approximate surface area is 185 Å². The van der Waals surface area contributed by atoms with Crippen LogP contribution in [-0.2, 0) is 0 Å². The first kappa shape index (κ1) is 24.3. The molecule has 30 heavy (non-hydrogen) atoms.